The molecule has 29 heavy (non-hydrogen) atoms. The number of hydrogen-bond donors (Lipinski definition) is 1. The van der Waals surface area contributed by atoms with E-state index in [1.54, 1.807) is 11.3 Å². The second kappa shape index (κ2) is 8.43. The number of nitrogens with one attached hydrogen (secondary N) is 1. The number of halogens is 1. The summed E-state index contributed by atoms with van der Waals surface area (Å²) in [4.78, 5) is 17.5. The van der Waals surface area contributed by atoms with Crippen LogP contribution in [0.3, 0.4) is 0 Å². The molecule has 0 saturated carbocycles. The van der Waals surface area contributed by atoms with Crippen LogP contribution in [0, 0.1) is 0 Å². The van der Waals surface area contributed by atoms with Gasteiger partial charge in [0, 0.05) is 22.0 Å². The SMILES string of the molecule is CCCC(C)n1c(-c2ccc3c(c2)NC(=O)CO3)csc1=Nc1ccc(Cl)cc1. The van der Waals surface area contributed by atoms with Crippen molar-refractivity contribution in [2.24, 2.45) is 4.99 Å². The number of hydrogen-bond acceptors (Lipinski definition) is 4. The van der Waals surface area contributed by atoms with Crippen molar-refractivity contribution < 1.29 is 9.53 Å². The van der Waals surface area contributed by atoms with Crippen molar-refractivity contribution in [3.63, 3.8) is 0 Å². The van der Waals surface area contributed by atoms with E-state index < -0.39 is 0 Å². The van der Waals surface area contributed by atoms with Gasteiger partial charge in [0.25, 0.3) is 5.91 Å². The Morgan fingerprint density at radius 2 is 2.07 bits per heavy atom. The van der Waals surface area contributed by atoms with E-state index in [0.29, 0.717) is 16.5 Å². The number of ether oxygens (including phenoxy) is 1. The largest absolute Gasteiger partial charge is 0.482 e. The third-order valence-electron chi connectivity index (χ3n) is 4.85. The first-order valence-corrected chi connectivity index (χ1v) is 10.9. The average molecular weight is 428 g/mol. The van der Waals surface area contributed by atoms with Crippen LogP contribution in [0.4, 0.5) is 11.4 Å². The van der Waals surface area contributed by atoms with Crippen molar-refractivity contribution in [2.75, 3.05) is 11.9 Å². The van der Waals surface area contributed by atoms with E-state index in [-0.39, 0.29) is 18.6 Å². The number of benzene rings is 2. The van der Waals surface area contributed by atoms with Crippen molar-refractivity contribution in [3.8, 4) is 17.0 Å². The minimum Gasteiger partial charge on any atom is -0.482 e. The monoisotopic (exact) mass is 427 g/mol. The van der Waals surface area contributed by atoms with Crippen LogP contribution in [-0.4, -0.2) is 17.1 Å². The van der Waals surface area contributed by atoms with Crippen LogP contribution < -0.4 is 14.9 Å². The number of amides is 1. The van der Waals surface area contributed by atoms with Crippen LogP contribution in [0.1, 0.15) is 32.7 Å². The topological polar surface area (TPSA) is 55.6 Å². The molecule has 0 aliphatic carbocycles. The molecule has 0 spiro atoms. The lowest BCUT2D eigenvalue weighted by molar-refractivity contribution is -0.118. The number of fused-ring (bicyclic) bond motifs is 1. The predicted octanol–water partition coefficient (Wildman–Crippen LogP) is 5.79. The highest BCUT2D eigenvalue weighted by molar-refractivity contribution is 7.07. The fourth-order valence-electron chi connectivity index (χ4n) is 3.45. The summed E-state index contributed by atoms with van der Waals surface area (Å²) >= 11 is 7.61. The first kappa shape index (κ1) is 19.7. The van der Waals surface area contributed by atoms with E-state index in [0.717, 1.165) is 34.6 Å². The molecule has 4 rings (SSSR count). The van der Waals surface area contributed by atoms with Crippen LogP contribution in [0.15, 0.2) is 52.8 Å². The smallest absolute Gasteiger partial charge is 0.262 e. The molecular formula is C22H22ClN3O2S. The maximum atomic E-state index is 11.7. The van der Waals surface area contributed by atoms with E-state index in [4.69, 9.17) is 21.3 Å². The highest BCUT2D eigenvalue weighted by atomic mass is 35.5. The molecule has 1 aliphatic rings. The molecule has 1 aromatic heterocycles. The number of carbonyl (C=O) groups is 1. The Balaban J connectivity index is 1.82. The van der Waals surface area contributed by atoms with E-state index in [9.17, 15) is 4.79 Å². The lowest BCUT2D eigenvalue weighted by Gasteiger charge is -2.20. The molecular weight excluding hydrogens is 406 g/mol. The van der Waals surface area contributed by atoms with Gasteiger partial charge in [-0.1, -0.05) is 24.9 Å². The number of aromatic nitrogens is 1. The lowest BCUT2D eigenvalue weighted by atomic mass is 10.1. The zero-order valence-electron chi connectivity index (χ0n) is 16.3. The Kier molecular flexibility index (Phi) is 5.74. The van der Waals surface area contributed by atoms with E-state index in [1.807, 2.05) is 42.5 Å². The summed E-state index contributed by atoms with van der Waals surface area (Å²) in [5.41, 5.74) is 3.67. The molecule has 0 saturated heterocycles. The second-order valence-electron chi connectivity index (χ2n) is 7.05. The Labute approximate surface area is 178 Å². The van der Waals surface area contributed by atoms with Crippen LogP contribution >= 0.6 is 22.9 Å². The van der Waals surface area contributed by atoms with Gasteiger partial charge in [0.1, 0.15) is 5.75 Å². The molecule has 150 valence electrons. The minimum atomic E-state index is -0.134. The molecule has 5 nitrogen and oxygen atoms in total. The van der Waals surface area contributed by atoms with Crippen molar-refractivity contribution in [2.45, 2.75) is 32.7 Å². The van der Waals surface area contributed by atoms with Gasteiger partial charge in [-0.3, -0.25) is 4.79 Å². The Hall–Kier alpha value is -2.57. The minimum absolute atomic E-state index is 0.0580. The molecule has 1 unspecified atom stereocenters. The summed E-state index contributed by atoms with van der Waals surface area (Å²) in [7, 11) is 0. The molecule has 1 amide bonds. The Bertz CT molecular complexity index is 1100. The summed E-state index contributed by atoms with van der Waals surface area (Å²) in [6, 6.07) is 13.7. The third kappa shape index (κ3) is 4.23. The van der Waals surface area contributed by atoms with E-state index in [1.165, 1.54) is 0 Å². The molecule has 2 aromatic carbocycles. The molecule has 1 aliphatic heterocycles. The van der Waals surface area contributed by atoms with Crippen molar-refractivity contribution in [1.82, 2.24) is 4.57 Å². The van der Waals surface area contributed by atoms with Gasteiger partial charge in [-0.25, -0.2) is 4.99 Å². The first-order valence-electron chi connectivity index (χ1n) is 9.62. The standard InChI is InChI=1S/C22H22ClN3O2S/c1-3-4-14(2)26-19(13-29-22(26)24-17-8-6-16(23)7-9-17)15-5-10-20-18(11-15)25-21(27)12-28-20/h5-11,13-14H,3-4,12H2,1-2H3,(H,25,27). The van der Waals surface area contributed by atoms with Crippen LogP contribution in [0.25, 0.3) is 11.3 Å². The van der Waals surface area contributed by atoms with Gasteiger partial charge in [-0.2, -0.15) is 0 Å². The quantitative estimate of drug-likeness (QED) is 0.559. The fourth-order valence-corrected chi connectivity index (χ4v) is 4.60. The first-order chi connectivity index (χ1) is 14.0. The highest BCUT2D eigenvalue weighted by Gasteiger charge is 2.19. The Morgan fingerprint density at radius 1 is 1.28 bits per heavy atom. The van der Waals surface area contributed by atoms with Crippen molar-refractivity contribution in [1.29, 1.82) is 0 Å². The zero-order valence-corrected chi connectivity index (χ0v) is 17.9. The fraction of sp³-hybridized carbons (Fsp3) is 0.273. The number of carbonyl (C=O) groups excluding carboxylic acids is 1. The molecule has 7 heteroatoms. The van der Waals surface area contributed by atoms with E-state index in [2.05, 4.69) is 29.1 Å². The summed E-state index contributed by atoms with van der Waals surface area (Å²) in [6.07, 6.45) is 2.13. The summed E-state index contributed by atoms with van der Waals surface area (Å²) in [5, 5.41) is 5.70. The number of thiazole rings is 1. The van der Waals surface area contributed by atoms with Gasteiger partial charge in [0.2, 0.25) is 0 Å². The van der Waals surface area contributed by atoms with Crippen LogP contribution in [0.5, 0.6) is 5.75 Å². The highest BCUT2D eigenvalue weighted by Crippen LogP contribution is 2.34. The normalized spacial score (nSPS) is 14.9. The summed E-state index contributed by atoms with van der Waals surface area (Å²) in [6.45, 7) is 4.46. The van der Waals surface area contributed by atoms with Gasteiger partial charge in [-0.15, -0.1) is 11.3 Å². The number of nitrogens with zero attached hydrogens (tertiary/aromatic N) is 2. The Morgan fingerprint density at radius 3 is 2.83 bits per heavy atom. The summed E-state index contributed by atoms with van der Waals surface area (Å²) in [5.74, 6) is 0.563. The van der Waals surface area contributed by atoms with Gasteiger partial charge in [0.15, 0.2) is 11.4 Å². The van der Waals surface area contributed by atoms with Crippen LogP contribution in [-0.2, 0) is 4.79 Å². The van der Waals surface area contributed by atoms with Gasteiger partial charge in [0.05, 0.1) is 17.1 Å². The summed E-state index contributed by atoms with van der Waals surface area (Å²) < 4.78 is 7.76. The molecule has 0 radical (unpaired) electrons. The van der Waals surface area contributed by atoms with Gasteiger partial charge < -0.3 is 14.6 Å². The molecule has 1 atom stereocenters. The number of anilines is 1. The number of rotatable bonds is 5. The third-order valence-corrected chi connectivity index (χ3v) is 5.94. The molecule has 3 aromatic rings. The maximum Gasteiger partial charge on any atom is 0.262 e. The van der Waals surface area contributed by atoms with E-state index >= 15 is 0 Å². The van der Waals surface area contributed by atoms with Crippen LogP contribution in [0.2, 0.25) is 5.02 Å². The zero-order chi connectivity index (χ0) is 20.4. The molecule has 0 bridgehead atoms. The average Bonchev–Trinajstić information content (AvgIpc) is 3.13. The second-order valence-corrected chi connectivity index (χ2v) is 8.32. The molecule has 2 heterocycles. The molecule has 1 N–H and O–H groups in total. The van der Waals surface area contributed by atoms with Gasteiger partial charge in [-0.05, 0) is 55.8 Å². The van der Waals surface area contributed by atoms with Gasteiger partial charge >= 0.3 is 0 Å². The van der Waals surface area contributed by atoms with Crippen molar-refractivity contribution >= 4 is 40.2 Å². The maximum absolute atomic E-state index is 11.7. The van der Waals surface area contributed by atoms with Crippen molar-refractivity contribution in [3.05, 3.63) is 57.7 Å². The predicted molar refractivity (Wildman–Crippen MR) is 118 cm³/mol. The molecule has 0 fully saturated rings. The lowest BCUT2D eigenvalue weighted by Crippen LogP contribution is -2.25.